The maximum absolute atomic E-state index is 12.1. The molecule has 0 saturated carbocycles. The summed E-state index contributed by atoms with van der Waals surface area (Å²) in [5.41, 5.74) is 0.515. The number of carboxylic acids is 1. The number of ether oxygens (including phenoxy) is 2. The maximum atomic E-state index is 12.1. The van der Waals surface area contributed by atoms with Crippen molar-refractivity contribution in [3.8, 4) is 5.75 Å². The molecular formula is C17H23NO5. The number of methoxy groups -OCH3 is 1. The maximum Gasteiger partial charge on any atom is 0.410 e. The molecule has 0 bridgehead atoms. The van der Waals surface area contributed by atoms with E-state index in [-0.39, 0.29) is 17.6 Å². The fourth-order valence-electron chi connectivity index (χ4n) is 2.67. The Morgan fingerprint density at radius 1 is 1.30 bits per heavy atom. The average molecular weight is 321 g/mol. The molecule has 2 rings (SSSR count). The van der Waals surface area contributed by atoms with Gasteiger partial charge in [0.05, 0.1) is 7.11 Å². The third kappa shape index (κ3) is 4.15. The van der Waals surface area contributed by atoms with Gasteiger partial charge in [0.1, 0.15) is 16.9 Å². The molecule has 126 valence electrons. The first-order chi connectivity index (χ1) is 10.7. The van der Waals surface area contributed by atoms with Gasteiger partial charge in [-0.25, -0.2) is 9.59 Å². The molecule has 0 spiro atoms. The molecule has 0 radical (unpaired) electrons. The second kappa shape index (κ2) is 6.48. The summed E-state index contributed by atoms with van der Waals surface area (Å²) in [5, 5.41) is 9.27. The fourth-order valence-corrected chi connectivity index (χ4v) is 2.67. The van der Waals surface area contributed by atoms with E-state index >= 15 is 0 Å². The molecule has 1 heterocycles. The number of carboxylic acid groups (broad SMARTS) is 1. The van der Waals surface area contributed by atoms with Crippen LogP contribution < -0.4 is 4.74 Å². The summed E-state index contributed by atoms with van der Waals surface area (Å²) in [6.07, 6.45) is 0.455. The molecule has 6 heteroatoms. The second-order valence-corrected chi connectivity index (χ2v) is 6.68. The molecule has 1 unspecified atom stereocenters. The molecule has 6 nitrogen and oxygen atoms in total. The molecule has 1 atom stereocenters. The normalized spacial score (nSPS) is 17.9. The summed E-state index contributed by atoms with van der Waals surface area (Å²) in [6.45, 7) is 6.64. The highest BCUT2D eigenvalue weighted by Gasteiger charge is 2.31. The number of amides is 1. The van der Waals surface area contributed by atoms with Gasteiger partial charge in [-0.15, -0.1) is 0 Å². The topological polar surface area (TPSA) is 76.1 Å². The minimum Gasteiger partial charge on any atom is -0.496 e. The van der Waals surface area contributed by atoms with Crippen molar-refractivity contribution in [2.24, 2.45) is 0 Å². The fraction of sp³-hybridized carbons (Fsp3) is 0.529. The quantitative estimate of drug-likeness (QED) is 0.925. The van der Waals surface area contributed by atoms with Crippen LogP contribution in [0.3, 0.4) is 0 Å². The van der Waals surface area contributed by atoms with Gasteiger partial charge < -0.3 is 19.5 Å². The Morgan fingerprint density at radius 2 is 2.00 bits per heavy atom. The summed E-state index contributed by atoms with van der Waals surface area (Å²) in [4.78, 5) is 25.1. The Labute approximate surface area is 136 Å². The predicted molar refractivity (Wildman–Crippen MR) is 85.1 cm³/mol. The molecule has 1 amide bonds. The molecule has 1 aromatic rings. The summed E-state index contributed by atoms with van der Waals surface area (Å²) < 4.78 is 10.5. The Bertz CT molecular complexity index is 605. The smallest absolute Gasteiger partial charge is 0.410 e. The van der Waals surface area contributed by atoms with Gasteiger partial charge in [-0.05, 0) is 44.9 Å². The Hall–Kier alpha value is -2.24. The molecule has 1 saturated heterocycles. The second-order valence-electron chi connectivity index (χ2n) is 6.68. The standard InChI is InChI=1S/C17H23NO5/c1-17(2,3)23-16(21)18-8-7-12(10-18)11-5-6-14(22-4)13(9-11)15(19)20/h5-6,9,12H,7-8,10H2,1-4H3,(H,19,20). The highest BCUT2D eigenvalue weighted by molar-refractivity contribution is 5.91. The lowest BCUT2D eigenvalue weighted by Gasteiger charge is -2.24. The number of hydrogen-bond donors (Lipinski definition) is 1. The lowest BCUT2D eigenvalue weighted by atomic mass is 9.96. The average Bonchev–Trinajstić information content (AvgIpc) is 2.94. The van der Waals surface area contributed by atoms with E-state index in [4.69, 9.17) is 9.47 Å². The number of carbonyl (C=O) groups is 2. The van der Waals surface area contributed by atoms with Crippen LogP contribution in [0.15, 0.2) is 18.2 Å². The van der Waals surface area contributed by atoms with Crippen molar-refractivity contribution in [2.75, 3.05) is 20.2 Å². The summed E-state index contributed by atoms with van der Waals surface area (Å²) in [7, 11) is 1.45. The number of likely N-dealkylation sites (tertiary alicyclic amines) is 1. The number of benzene rings is 1. The number of nitrogens with zero attached hydrogens (tertiary/aromatic N) is 1. The number of aromatic carboxylic acids is 1. The van der Waals surface area contributed by atoms with Crippen molar-refractivity contribution in [3.05, 3.63) is 29.3 Å². The van der Waals surface area contributed by atoms with Gasteiger partial charge >= 0.3 is 12.1 Å². The first-order valence-corrected chi connectivity index (χ1v) is 7.60. The van der Waals surface area contributed by atoms with Crippen molar-refractivity contribution in [3.63, 3.8) is 0 Å². The van der Waals surface area contributed by atoms with Crippen LogP contribution in [-0.4, -0.2) is 47.9 Å². The van der Waals surface area contributed by atoms with Crippen LogP contribution in [0.25, 0.3) is 0 Å². The van der Waals surface area contributed by atoms with E-state index in [0.717, 1.165) is 12.0 Å². The highest BCUT2D eigenvalue weighted by atomic mass is 16.6. The Morgan fingerprint density at radius 3 is 2.57 bits per heavy atom. The van der Waals surface area contributed by atoms with Gasteiger partial charge in [-0.1, -0.05) is 6.07 Å². The van der Waals surface area contributed by atoms with Gasteiger partial charge in [0.25, 0.3) is 0 Å². The zero-order valence-corrected chi connectivity index (χ0v) is 14.0. The third-order valence-electron chi connectivity index (χ3n) is 3.77. The van der Waals surface area contributed by atoms with Crippen LogP contribution >= 0.6 is 0 Å². The molecule has 0 aliphatic carbocycles. The van der Waals surface area contributed by atoms with E-state index in [1.807, 2.05) is 26.8 Å². The predicted octanol–water partition coefficient (Wildman–Crippen LogP) is 3.12. The van der Waals surface area contributed by atoms with Crippen LogP contribution in [0.2, 0.25) is 0 Å². The van der Waals surface area contributed by atoms with Crippen molar-refractivity contribution < 1.29 is 24.2 Å². The van der Waals surface area contributed by atoms with E-state index in [9.17, 15) is 14.7 Å². The third-order valence-corrected chi connectivity index (χ3v) is 3.77. The Kier molecular flexibility index (Phi) is 4.82. The zero-order chi connectivity index (χ0) is 17.2. The van der Waals surface area contributed by atoms with Crippen LogP contribution in [0.1, 0.15) is 49.0 Å². The van der Waals surface area contributed by atoms with Gasteiger partial charge in [0, 0.05) is 19.0 Å². The van der Waals surface area contributed by atoms with Gasteiger partial charge in [-0.2, -0.15) is 0 Å². The molecule has 1 aliphatic rings. The van der Waals surface area contributed by atoms with E-state index in [2.05, 4.69) is 0 Å². The van der Waals surface area contributed by atoms with Crippen LogP contribution in [0.5, 0.6) is 5.75 Å². The monoisotopic (exact) mass is 321 g/mol. The lowest BCUT2D eigenvalue weighted by Crippen LogP contribution is -2.35. The number of carbonyl (C=O) groups excluding carboxylic acids is 1. The number of hydrogen-bond acceptors (Lipinski definition) is 4. The van der Waals surface area contributed by atoms with Crippen LogP contribution in [-0.2, 0) is 4.74 Å². The minimum absolute atomic E-state index is 0.103. The highest BCUT2D eigenvalue weighted by Crippen LogP contribution is 2.31. The SMILES string of the molecule is COc1ccc(C2CCN(C(=O)OC(C)(C)C)C2)cc1C(=O)O. The summed E-state index contributed by atoms with van der Waals surface area (Å²) in [5.74, 6) is -0.583. The molecule has 1 aliphatic heterocycles. The molecular weight excluding hydrogens is 298 g/mol. The van der Waals surface area contributed by atoms with Crippen molar-refractivity contribution in [1.29, 1.82) is 0 Å². The summed E-state index contributed by atoms with van der Waals surface area (Å²) in [6, 6.07) is 5.15. The molecule has 1 aromatic carbocycles. The first-order valence-electron chi connectivity index (χ1n) is 7.60. The van der Waals surface area contributed by atoms with E-state index in [1.165, 1.54) is 7.11 Å². The minimum atomic E-state index is -1.02. The van der Waals surface area contributed by atoms with Gasteiger partial charge in [0.2, 0.25) is 0 Å². The molecule has 1 fully saturated rings. The van der Waals surface area contributed by atoms with Crippen LogP contribution in [0, 0.1) is 0 Å². The molecule has 1 N–H and O–H groups in total. The van der Waals surface area contributed by atoms with Gasteiger partial charge in [-0.3, -0.25) is 0 Å². The van der Waals surface area contributed by atoms with Gasteiger partial charge in [0.15, 0.2) is 0 Å². The van der Waals surface area contributed by atoms with Crippen molar-refractivity contribution in [2.45, 2.75) is 38.7 Å². The Balaban J connectivity index is 2.11. The van der Waals surface area contributed by atoms with E-state index in [0.29, 0.717) is 18.8 Å². The summed E-state index contributed by atoms with van der Waals surface area (Å²) >= 11 is 0. The molecule has 0 aromatic heterocycles. The van der Waals surface area contributed by atoms with E-state index in [1.54, 1.807) is 17.0 Å². The van der Waals surface area contributed by atoms with Crippen LogP contribution in [0.4, 0.5) is 4.79 Å². The zero-order valence-electron chi connectivity index (χ0n) is 14.0. The lowest BCUT2D eigenvalue weighted by molar-refractivity contribution is 0.0292. The molecule has 23 heavy (non-hydrogen) atoms. The van der Waals surface area contributed by atoms with Crippen molar-refractivity contribution in [1.82, 2.24) is 4.90 Å². The first kappa shape index (κ1) is 17.1. The number of rotatable bonds is 3. The largest absolute Gasteiger partial charge is 0.496 e. The van der Waals surface area contributed by atoms with E-state index < -0.39 is 11.6 Å². The van der Waals surface area contributed by atoms with Crippen molar-refractivity contribution >= 4 is 12.1 Å².